The van der Waals surface area contributed by atoms with Crippen molar-refractivity contribution in [3.05, 3.63) is 71.7 Å². The van der Waals surface area contributed by atoms with Crippen LogP contribution in [0.2, 0.25) is 0 Å². The van der Waals surface area contributed by atoms with Crippen LogP contribution in [0.15, 0.2) is 49.2 Å². The van der Waals surface area contributed by atoms with Gasteiger partial charge in [0.1, 0.15) is 5.69 Å². The average Bonchev–Trinajstić information content (AvgIpc) is 3.10. The van der Waals surface area contributed by atoms with Crippen molar-refractivity contribution in [2.45, 2.75) is 31.9 Å². The first kappa shape index (κ1) is 18.5. The minimum atomic E-state index is -4.32. The smallest absolute Gasteiger partial charge is 0.370 e. The molecule has 3 heterocycles. The van der Waals surface area contributed by atoms with Gasteiger partial charge in [-0.15, -0.1) is 0 Å². The molecule has 146 valence electrons. The zero-order valence-corrected chi connectivity index (χ0v) is 15.6. The van der Waals surface area contributed by atoms with Gasteiger partial charge in [-0.2, -0.15) is 18.3 Å². The van der Waals surface area contributed by atoms with Gasteiger partial charge in [0, 0.05) is 13.1 Å². The monoisotopic (exact) mass is 386 g/mol. The molecule has 0 aliphatic carbocycles. The van der Waals surface area contributed by atoms with Crippen molar-refractivity contribution >= 4 is 11.3 Å². The van der Waals surface area contributed by atoms with E-state index in [0.29, 0.717) is 31.5 Å². The topological polar surface area (TPSA) is 33.4 Å². The van der Waals surface area contributed by atoms with E-state index < -0.39 is 11.7 Å². The number of hydrogen-bond donors (Lipinski definition) is 0. The summed E-state index contributed by atoms with van der Waals surface area (Å²) in [5, 5.41) is 4.40. The van der Waals surface area contributed by atoms with E-state index in [9.17, 15) is 13.2 Å². The fourth-order valence-electron chi connectivity index (χ4n) is 3.85. The molecule has 0 bridgehead atoms. The van der Waals surface area contributed by atoms with Gasteiger partial charge in [0.05, 0.1) is 23.2 Å². The van der Waals surface area contributed by atoms with E-state index in [1.807, 2.05) is 25.3 Å². The van der Waals surface area contributed by atoms with Crippen molar-refractivity contribution < 1.29 is 13.2 Å². The molecular weight excluding hydrogens is 365 g/mol. The van der Waals surface area contributed by atoms with Crippen LogP contribution in [0.1, 0.15) is 41.3 Å². The van der Waals surface area contributed by atoms with Crippen LogP contribution in [0.25, 0.3) is 11.3 Å². The highest BCUT2D eigenvalue weighted by molar-refractivity contribution is 5.61. The third-order valence-corrected chi connectivity index (χ3v) is 5.33. The maximum atomic E-state index is 13.3. The lowest BCUT2D eigenvalue weighted by Crippen LogP contribution is -2.32. The predicted octanol–water partition coefficient (Wildman–Crippen LogP) is 4.91. The minimum Gasteiger partial charge on any atom is -0.370 e. The number of imidazole rings is 1. The first-order chi connectivity index (χ1) is 13.3. The second kappa shape index (κ2) is 6.96. The molecule has 1 fully saturated rings. The number of rotatable bonds is 3. The quantitative estimate of drug-likeness (QED) is 0.642. The molecule has 7 heteroatoms. The van der Waals surface area contributed by atoms with Crippen LogP contribution in [0.5, 0.6) is 0 Å². The number of nitrogens with zero attached hydrogens (tertiary/aromatic N) is 4. The Morgan fingerprint density at radius 2 is 1.82 bits per heavy atom. The Hall–Kier alpha value is -2.83. The van der Waals surface area contributed by atoms with Crippen LogP contribution in [-0.4, -0.2) is 32.6 Å². The molecule has 0 spiro atoms. The van der Waals surface area contributed by atoms with Crippen molar-refractivity contribution in [1.29, 1.82) is 0 Å². The third kappa shape index (κ3) is 3.48. The van der Waals surface area contributed by atoms with Gasteiger partial charge in [-0.05, 0) is 49.4 Å². The van der Waals surface area contributed by atoms with E-state index >= 15 is 0 Å². The first-order valence-electron chi connectivity index (χ1n) is 9.26. The third-order valence-electron chi connectivity index (χ3n) is 5.33. The normalized spacial score (nSPS) is 15.9. The van der Waals surface area contributed by atoms with Gasteiger partial charge in [-0.25, -0.2) is 9.50 Å². The Bertz CT molecular complexity index is 1010. The van der Waals surface area contributed by atoms with Crippen molar-refractivity contribution in [1.82, 2.24) is 19.5 Å². The maximum absolute atomic E-state index is 13.3. The molecule has 1 aliphatic heterocycles. The Morgan fingerprint density at radius 1 is 1.11 bits per heavy atom. The van der Waals surface area contributed by atoms with E-state index in [4.69, 9.17) is 0 Å². The number of halogens is 3. The number of benzene rings is 1. The minimum absolute atomic E-state index is 0.104. The van der Waals surface area contributed by atoms with E-state index in [0.717, 1.165) is 22.7 Å². The first-order valence-corrected chi connectivity index (χ1v) is 9.26. The van der Waals surface area contributed by atoms with Gasteiger partial charge in [0.15, 0.2) is 5.65 Å². The summed E-state index contributed by atoms with van der Waals surface area (Å²) in [4.78, 5) is 6.66. The summed E-state index contributed by atoms with van der Waals surface area (Å²) in [6.45, 7) is 7.38. The van der Waals surface area contributed by atoms with E-state index in [-0.39, 0.29) is 5.92 Å². The van der Waals surface area contributed by atoms with E-state index in [2.05, 4.69) is 21.6 Å². The maximum Gasteiger partial charge on any atom is 0.416 e. The fourth-order valence-corrected chi connectivity index (χ4v) is 3.85. The Balaban J connectivity index is 1.49. The van der Waals surface area contributed by atoms with Gasteiger partial charge in [0.2, 0.25) is 0 Å². The standard InChI is InChI=1S/C21H21F3N4/c1-14-7-8-20-25-19(13-28(20)26-14)15(2)27-11-9-16(10-12-27)17-5-3-4-6-18(17)21(22,23)24/h3-8,13,16H,2,9-12H2,1H3. The fraction of sp³-hybridized carbons (Fsp3) is 0.333. The largest absolute Gasteiger partial charge is 0.416 e. The van der Waals surface area contributed by atoms with E-state index in [1.165, 1.54) is 12.1 Å². The Labute approximate surface area is 161 Å². The number of likely N-dealkylation sites (tertiary alicyclic amines) is 1. The highest BCUT2D eigenvalue weighted by Crippen LogP contribution is 2.39. The molecule has 0 unspecified atom stereocenters. The summed E-state index contributed by atoms with van der Waals surface area (Å²) in [7, 11) is 0. The molecule has 4 nitrogen and oxygen atoms in total. The summed E-state index contributed by atoms with van der Waals surface area (Å²) in [5.41, 5.74) is 3.04. The lowest BCUT2D eigenvalue weighted by molar-refractivity contribution is -0.138. The zero-order valence-electron chi connectivity index (χ0n) is 15.6. The van der Waals surface area contributed by atoms with Crippen molar-refractivity contribution in [3.63, 3.8) is 0 Å². The number of aryl methyl sites for hydroxylation is 1. The lowest BCUT2D eigenvalue weighted by Gasteiger charge is -2.35. The molecule has 3 aromatic rings. The van der Waals surface area contributed by atoms with Crippen molar-refractivity contribution in [2.24, 2.45) is 0 Å². The molecule has 0 radical (unpaired) electrons. The summed E-state index contributed by atoms with van der Waals surface area (Å²) >= 11 is 0. The average molecular weight is 386 g/mol. The second-order valence-electron chi connectivity index (χ2n) is 7.20. The molecule has 1 saturated heterocycles. The van der Waals surface area contributed by atoms with Crippen LogP contribution in [0.3, 0.4) is 0 Å². The van der Waals surface area contributed by atoms with Crippen LogP contribution in [-0.2, 0) is 6.18 Å². The molecule has 1 aliphatic rings. The van der Waals surface area contributed by atoms with Crippen LogP contribution >= 0.6 is 0 Å². The highest BCUT2D eigenvalue weighted by Gasteiger charge is 2.35. The molecule has 4 rings (SSSR count). The molecule has 0 N–H and O–H groups in total. The lowest BCUT2D eigenvalue weighted by atomic mass is 9.86. The molecule has 0 saturated carbocycles. The Kier molecular flexibility index (Phi) is 4.61. The summed E-state index contributed by atoms with van der Waals surface area (Å²) in [6, 6.07) is 9.71. The number of piperidine rings is 1. The zero-order chi connectivity index (χ0) is 19.9. The second-order valence-corrected chi connectivity index (χ2v) is 7.20. The molecular formula is C21H21F3N4. The van der Waals surface area contributed by atoms with Crippen LogP contribution < -0.4 is 0 Å². The Morgan fingerprint density at radius 3 is 2.54 bits per heavy atom. The van der Waals surface area contributed by atoms with Gasteiger partial charge >= 0.3 is 6.18 Å². The van der Waals surface area contributed by atoms with Crippen molar-refractivity contribution in [2.75, 3.05) is 13.1 Å². The van der Waals surface area contributed by atoms with Gasteiger partial charge in [-0.3, -0.25) is 0 Å². The summed E-state index contributed by atoms with van der Waals surface area (Å²) < 4.78 is 41.7. The number of fused-ring (bicyclic) bond motifs is 1. The summed E-state index contributed by atoms with van der Waals surface area (Å²) in [5.74, 6) is -0.104. The van der Waals surface area contributed by atoms with Crippen molar-refractivity contribution in [3.8, 4) is 0 Å². The molecule has 0 atom stereocenters. The van der Waals surface area contributed by atoms with Gasteiger partial charge < -0.3 is 4.90 Å². The SMILES string of the molecule is C=C(c1cn2nc(C)ccc2n1)N1CCC(c2ccccc2C(F)(F)F)CC1. The molecule has 2 aromatic heterocycles. The molecule has 0 amide bonds. The van der Waals surface area contributed by atoms with Gasteiger partial charge in [0.25, 0.3) is 0 Å². The van der Waals surface area contributed by atoms with E-state index in [1.54, 1.807) is 16.6 Å². The molecule has 28 heavy (non-hydrogen) atoms. The molecule has 1 aromatic carbocycles. The number of alkyl halides is 3. The highest BCUT2D eigenvalue weighted by atomic mass is 19.4. The number of aromatic nitrogens is 3. The van der Waals surface area contributed by atoms with Crippen LogP contribution in [0.4, 0.5) is 13.2 Å². The predicted molar refractivity (Wildman–Crippen MR) is 102 cm³/mol. The number of hydrogen-bond acceptors (Lipinski definition) is 3. The van der Waals surface area contributed by atoms with Crippen LogP contribution in [0, 0.1) is 6.92 Å². The van der Waals surface area contributed by atoms with Gasteiger partial charge in [-0.1, -0.05) is 24.8 Å². The summed E-state index contributed by atoms with van der Waals surface area (Å²) in [6.07, 6.45) is -1.18.